The van der Waals surface area contributed by atoms with E-state index in [0.29, 0.717) is 33.9 Å². The average molecular weight is 1500 g/mol. The predicted molar refractivity (Wildman–Crippen MR) is 472 cm³/mol. The first-order valence-corrected chi connectivity index (χ1v) is 38.7. The van der Waals surface area contributed by atoms with Crippen LogP contribution in [0.5, 0.6) is 17.2 Å². The molecule has 9 nitrogen and oxygen atoms in total. The first-order valence-electron chi connectivity index (χ1n) is 38.7. The van der Waals surface area contributed by atoms with Crippen LogP contribution in [0, 0.1) is 0 Å². The number of para-hydroxylation sites is 3. The molecule has 0 spiro atoms. The predicted octanol–water partition coefficient (Wildman–Crippen LogP) is 27.6. The van der Waals surface area contributed by atoms with Crippen molar-refractivity contribution in [3.8, 4) is 50.6 Å². The number of nitrogens with zero attached hydrogens (tertiary/aromatic N) is 3. The van der Waals surface area contributed by atoms with Gasteiger partial charge in [0.1, 0.15) is 17.2 Å². The molecular weight excluding hydrogens is 1420 g/mol. The fourth-order valence-corrected chi connectivity index (χ4v) is 15.6. The molecular formula is C107H75N3O6. The molecule has 554 valence electrons. The lowest BCUT2D eigenvalue weighted by Crippen LogP contribution is -2.25. The van der Waals surface area contributed by atoms with Crippen LogP contribution in [0.25, 0.3) is 65.7 Å². The molecule has 18 rings (SSSR count). The second kappa shape index (κ2) is 32.1. The fourth-order valence-electron chi connectivity index (χ4n) is 15.6. The molecule has 0 aliphatic heterocycles. The molecule has 0 atom stereocenters. The number of anilines is 9. The van der Waals surface area contributed by atoms with Crippen LogP contribution in [0.1, 0.15) is 54.7 Å². The quantitative estimate of drug-likeness (QED) is 0.0396. The fraction of sp³-hybridized carbons (Fsp3) is 0.0187. The summed E-state index contributed by atoms with van der Waals surface area (Å²) in [4.78, 5) is 48.8. The molecule has 0 N–H and O–H groups in total. The Labute approximate surface area is 673 Å². The Morgan fingerprint density at radius 3 is 0.664 bits per heavy atom. The number of benzene rings is 18. The Hall–Kier alpha value is -15.5. The van der Waals surface area contributed by atoms with Crippen molar-refractivity contribution in [2.75, 3.05) is 14.7 Å². The number of rotatable bonds is 21. The molecule has 0 bridgehead atoms. The van der Waals surface area contributed by atoms with E-state index < -0.39 is 23.3 Å². The van der Waals surface area contributed by atoms with Crippen molar-refractivity contribution in [2.45, 2.75) is 12.3 Å². The summed E-state index contributed by atoms with van der Waals surface area (Å²) < 4.78 is 18.2. The molecule has 0 aliphatic rings. The topological polar surface area (TPSA) is 88.6 Å². The van der Waals surface area contributed by atoms with Gasteiger partial charge in [0.25, 0.3) is 0 Å². The van der Waals surface area contributed by atoms with Gasteiger partial charge in [0.05, 0.1) is 33.8 Å². The Morgan fingerprint density at radius 2 is 0.414 bits per heavy atom. The zero-order valence-corrected chi connectivity index (χ0v) is 63.4. The molecule has 9 heteroatoms. The number of carbonyl (C=O) groups is 3. The minimum atomic E-state index is -0.856. The van der Waals surface area contributed by atoms with Gasteiger partial charge in [-0.05, 0) is 237 Å². The molecule has 0 aromatic heterocycles. The van der Waals surface area contributed by atoms with E-state index in [2.05, 4.69) is 295 Å². The van der Waals surface area contributed by atoms with Crippen molar-refractivity contribution in [3.05, 3.63) is 470 Å². The monoisotopic (exact) mass is 1500 g/mol. The van der Waals surface area contributed by atoms with Crippen molar-refractivity contribution in [3.63, 3.8) is 0 Å². The molecule has 0 aliphatic carbocycles. The summed E-state index contributed by atoms with van der Waals surface area (Å²) in [5, 5.41) is 6.95. The first kappa shape index (κ1) is 72.1. The summed E-state index contributed by atoms with van der Waals surface area (Å²) >= 11 is 0. The molecule has 0 amide bonds. The maximum Gasteiger partial charge on any atom is 0.343 e. The highest BCUT2D eigenvalue weighted by Gasteiger charge is 2.32. The maximum absolute atomic E-state index is 14.0. The number of hydrogen-bond donors (Lipinski definition) is 0. The van der Waals surface area contributed by atoms with E-state index in [0.717, 1.165) is 134 Å². The lowest BCUT2D eigenvalue weighted by Gasteiger charge is -2.32. The Bertz CT molecular complexity index is 5890. The SMILES string of the molecule is CC(c1ccc(OC(=O)c2ccc(-c3ccc(N(c4ccccc4)c4cccc5ccccc45)cc3)cc2)cc1)(c1ccc(OC(=O)c2ccc(-c3ccc(N(c4ccccc4)c4cccc5ccccc45)cc3)cc2)cc1)c1ccc(OC(=O)c2ccc(-c3ccc(N(c4ccccc4)c4cccc5ccccc45)cc3)cc2)cc1. The van der Waals surface area contributed by atoms with Gasteiger partial charge < -0.3 is 28.9 Å². The van der Waals surface area contributed by atoms with Crippen LogP contribution < -0.4 is 28.9 Å². The van der Waals surface area contributed by atoms with Crippen LogP contribution in [0.15, 0.2) is 437 Å². The molecule has 0 saturated heterocycles. The lowest BCUT2D eigenvalue weighted by molar-refractivity contribution is 0.0725. The number of fused-ring (bicyclic) bond motifs is 3. The number of hydrogen-bond acceptors (Lipinski definition) is 9. The standard InChI is InChI=1S/C107H75N3O6/c1-107(86-56-68-95(69-57-86)114-104(111)83-44-38-74(39-45-83)77-50-62-92(63-51-77)108(89-26-5-2-6-27-89)101-35-17-23-80-20-11-14-32-98(80)101,87-58-70-96(71-59-87)115-105(112)84-46-40-75(41-47-84)78-52-64-93(65-53-78)109(90-28-7-3-8-29-90)102-36-18-24-81-21-12-15-33-99(81)102)88-60-72-97(73-61-88)116-106(113)85-48-42-76(43-49-85)79-54-66-94(67-55-79)110(91-30-9-4-10-31-91)103-37-19-25-82-22-13-16-34-100(82)103/h2-73H,1H3. The van der Waals surface area contributed by atoms with Gasteiger partial charge in [-0.25, -0.2) is 14.4 Å². The van der Waals surface area contributed by atoms with Gasteiger partial charge in [0.2, 0.25) is 0 Å². The van der Waals surface area contributed by atoms with E-state index in [1.165, 1.54) is 0 Å². The summed E-state index contributed by atoms with van der Waals surface area (Å²) in [5.41, 5.74) is 18.2. The van der Waals surface area contributed by atoms with Gasteiger partial charge >= 0.3 is 17.9 Å². The van der Waals surface area contributed by atoms with Gasteiger partial charge in [0, 0.05) is 55.7 Å². The van der Waals surface area contributed by atoms with Gasteiger partial charge in [-0.3, -0.25) is 0 Å². The zero-order chi connectivity index (χ0) is 78.3. The number of carbonyl (C=O) groups excluding carboxylic acids is 3. The van der Waals surface area contributed by atoms with E-state index >= 15 is 0 Å². The molecule has 0 unspecified atom stereocenters. The minimum Gasteiger partial charge on any atom is -0.423 e. The molecule has 116 heavy (non-hydrogen) atoms. The third-order valence-corrected chi connectivity index (χ3v) is 21.7. The highest BCUT2D eigenvalue weighted by molar-refractivity contribution is 6.02. The molecule has 0 fully saturated rings. The van der Waals surface area contributed by atoms with Crippen molar-refractivity contribution >= 4 is 101 Å². The number of ether oxygens (including phenoxy) is 3. The second-order valence-corrected chi connectivity index (χ2v) is 28.7. The Balaban J connectivity index is 0.575. The van der Waals surface area contributed by atoms with E-state index in [1.54, 1.807) is 72.8 Å². The molecule has 0 saturated carbocycles. The second-order valence-electron chi connectivity index (χ2n) is 28.7. The highest BCUT2D eigenvalue weighted by atomic mass is 16.5. The molecule has 0 heterocycles. The van der Waals surface area contributed by atoms with Crippen LogP contribution in [0.3, 0.4) is 0 Å². The van der Waals surface area contributed by atoms with Gasteiger partial charge in [-0.2, -0.15) is 0 Å². The number of esters is 3. The third kappa shape index (κ3) is 14.8. The summed E-state index contributed by atoms with van der Waals surface area (Å²) in [6.45, 7) is 2.11. The van der Waals surface area contributed by atoms with E-state index in [9.17, 15) is 14.4 Å². The van der Waals surface area contributed by atoms with E-state index in [1.807, 2.05) is 91.0 Å². The molecule has 18 aromatic carbocycles. The third-order valence-electron chi connectivity index (χ3n) is 21.7. The lowest BCUT2D eigenvalue weighted by atomic mass is 9.71. The van der Waals surface area contributed by atoms with Crippen molar-refractivity contribution < 1.29 is 28.6 Å². The van der Waals surface area contributed by atoms with Crippen molar-refractivity contribution in [2.24, 2.45) is 0 Å². The summed E-state index contributed by atoms with van der Waals surface area (Å²) in [5.74, 6) is -0.405. The van der Waals surface area contributed by atoms with E-state index in [4.69, 9.17) is 14.2 Å². The van der Waals surface area contributed by atoms with Crippen LogP contribution in [-0.4, -0.2) is 17.9 Å². The molecule has 18 aromatic rings. The average Bonchev–Trinajstić information content (AvgIpc) is 0.775. The maximum atomic E-state index is 14.0. The Morgan fingerprint density at radius 1 is 0.207 bits per heavy atom. The minimum absolute atomic E-state index is 0.363. The van der Waals surface area contributed by atoms with Crippen LogP contribution in [0.2, 0.25) is 0 Å². The highest BCUT2D eigenvalue weighted by Crippen LogP contribution is 2.46. The van der Waals surface area contributed by atoms with E-state index in [-0.39, 0.29) is 0 Å². The van der Waals surface area contributed by atoms with Crippen LogP contribution in [-0.2, 0) is 5.41 Å². The molecule has 0 radical (unpaired) electrons. The Kier molecular flexibility index (Phi) is 20.0. The normalized spacial score (nSPS) is 11.2. The summed E-state index contributed by atoms with van der Waals surface area (Å²) in [6, 6.07) is 146. The first-order chi connectivity index (χ1) is 57.1. The van der Waals surface area contributed by atoms with Crippen molar-refractivity contribution in [1.82, 2.24) is 0 Å². The smallest absolute Gasteiger partial charge is 0.343 e. The summed E-state index contributed by atoms with van der Waals surface area (Å²) in [7, 11) is 0. The summed E-state index contributed by atoms with van der Waals surface area (Å²) in [6.07, 6.45) is 0. The van der Waals surface area contributed by atoms with Gasteiger partial charge in [-0.1, -0.05) is 273 Å². The van der Waals surface area contributed by atoms with Crippen LogP contribution >= 0.6 is 0 Å². The zero-order valence-electron chi connectivity index (χ0n) is 63.4. The largest absolute Gasteiger partial charge is 0.423 e. The van der Waals surface area contributed by atoms with Crippen molar-refractivity contribution in [1.29, 1.82) is 0 Å². The van der Waals surface area contributed by atoms with Crippen LogP contribution in [0.4, 0.5) is 51.2 Å². The van der Waals surface area contributed by atoms with Gasteiger partial charge in [-0.15, -0.1) is 0 Å². The van der Waals surface area contributed by atoms with Gasteiger partial charge in [0.15, 0.2) is 0 Å².